The molecule has 0 saturated carbocycles. The van der Waals surface area contributed by atoms with Crippen molar-refractivity contribution in [3.63, 3.8) is 0 Å². The Bertz CT molecular complexity index is 656. The lowest BCUT2D eigenvalue weighted by Crippen LogP contribution is -2.56. The molecular formula is C19H25N3O3. The molecule has 1 aromatic carbocycles. The highest BCUT2D eigenvalue weighted by molar-refractivity contribution is 5.78. The molecule has 0 spiro atoms. The van der Waals surface area contributed by atoms with E-state index in [4.69, 9.17) is 14.7 Å². The summed E-state index contributed by atoms with van der Waals surface area (Å²) in [7, 11) is 0. The lowest BCUT2D eigenvalue weighted by atomic mass is 9.99. The van der Waals surface area contributed by atoms with Crippen LogP contribution in [-0.2, 0) is 4.79 Å². The molecule has 3 rings (SSSR count). The first kappa shape index (κ1) is 17.6. The second-order valence-electron chi connectivity index (χ2n) is 6.52. The summed E-state index contributed by atoms with van der Waals surface area (Å²) >= 11 is 0. The minimum absolute atomic E-state index is 0.00130. The molecule has 2 heterocycles. The van der Waals surface area contributed by atoms with Crippen molar-refractivity contribution in [2.45, 2.75) is 32.2 Å². The Hall–Kier alpha value is -2.26. The van der Waals surface area contributed by atoms with Crippen molar-refractivity contribution in [2.75, 3.05) is 39.4 Å². The molecule has 0 N–H and O–H groups in total. The molecule has 6 nitrogen and oxygen atoms in total. The first-order valence-electron chi connectivity index (χ1n) is 9.03. The minimum atomic E-state index is -0.00130. The van der Waals surface area contributed by atoms with Crippen LogP contribution in [0.15, 0.2) is 18.2 Å². The van der Waals surface area contributed by atoms with Crippen LogP contribution in [0.25, 0.3) is 0 Å². The van der Waals surface area contributed by atoms with Gasteiger partial charge in [0.2, 0.25) is 0 Å². The number of fused-ring (bicyclic) bond motifs is 1. The predicted octanol–water partition coefficient (Wildman–Crippen LogP) is 2.03. The molecule has 134 valence electrons. The molecule has 1 unspecified atom stereocenters. The highest BCUT2D eigenvalue weighted by Crippen LogP contribution is 2.28. The maximum absolute atomic E-state index is 12.5. The fourth-order valence-electron chi connectivity index (χ4n) is 3.58. The van der Waals surface area contributed by atoms with E-state index in [0.717, 1.165) is 26.2 Å². The fourth-order valence-corrected chi connectivity index (χ4v) is 3.58. The van der Waals surface area contributed by atoms with E-state index in [0.29, 0.717) is 29.7 Å². The van der Waals surface area contributed by atoms with E-state index < -0.39 is 0 Å². The Morgan fingerprint density at radius 2 is 2.12 bits per heavy atom. The van der Waals surface area contributed by atoms with Crippen molar-refractivity contribution in [2.24, 2.45) is 0 Å². The number of nitrogens with zero attached hydrogens (tertiary/aromatic N) is 3. The second kappa shape index (κ2) is 8.21. The zero-order valence-electron chi connectivity index (χ0n) is 14.7. The van der Waals surface area contributed by atoms with E-state index in [9.17, 15) is 4.79 Å². The molecule has 6 heteroatoms. The van der Waals surface area contributed by atoms with Crippen LogP contribution in [0.5, 0.6) is 11.5 Å². The van der Waals surface area contributed by atoms with E-state index >= 15 is 0 Å². The molecule has 0 aliphatic carbocycles. The molecule has 2 fully saturated rings. The molecule has 0 aromatic heterocycles. The molecule has 1 atom stereocenters. The van der Waals surface area contributed by atoms with Crippen molar-refractivity contribution in [1.82, 2.24) is 9.80 Å². The van der Waals surface area contributed by atoms with Crippen LogP contribution in [0.2, 0.25) is 0 Å². The number of carbonyl (C=O) groups excluding carboxylic acids is 1. The van der Waals surface area contributed by atoms with Crippen LogP contribution in [0, 0.1) is 11.3 Å². The number of benzene rings is 1. The molecule has 1 amide bonds. The maximum Gasteiger partial charge on any atom is 0.260 e. The summed E-state index contributed by atoms with van der Waals surface area (Å²) in [5.41, 5.74) is 0.510. The van der Waals surface area contributed by atoms with Gasteiger partial charge in [-0.2, -0.15) is 5.26 Å². The third-order valence-corrected chi connectivity index (χ3v) is 4.91. The molecular weight excluding hydrogens is 318 g/mol. The third kappa shape index (κ3) is 4.23. The van der Waals surface area contributed by atoms with Crippen molar-refractivity contribution in [3.8, 4) is 17.6 Å². The Labute approximate surface area is 148 Å². The number of hydrogen-bond acceptors (Lipinski definition) is 5. The van der Waals surface area contributed by atoms with Gasteiger partial charge in [-0.1, -0.05) is 6.42 Å². The lowest BCUT2D eigenvalue weighted by molar-refractivity contribution is -0.136. The zero-order chi connectivity index (χ0) is 17.6. The van der Waals surface area contributed by atoms with Gasteiger partial charge in [0, 0.05) is 31.7 Å². The van der Waals surface area contributed by atoms with Gasteiger partial charge in [-0.05, 0) is 38.4 Å². The van der Waals surface area contributed by atoms with Crippen LogP contribution >= 0.6 is 0 Å². The molecule has 0 radical (unpaired) electrons. The normalized spacial score (nSPS) is 20.5. The SMILES string of the molecule is CCOc1cc(C#N)ccc1OCC(=O)N1CCN2CCCCC2C1. The van der Waals surface area contributed by atoms with Gasteiger partial charge in [-0.15, -0.1) is 0 Å². The molecule has 0 bridgehead atoms. The predicted molar refractivity (Wildman–Crippen MR) is 93.6 cm³/mol. The van der Waals surface area contributed by atoms with Crippen molar-refractivity contribution >= 4 is 5.91 Å². The summed E-state index contributed by atoms with van der Waals surface area (Å²) in [4.78, 5) is 16.9. The zero-order valence-corrected chi connectivity index (χ0v) is 14.7. The Balaban J connectivity index is 1.58. The van der Waals surface area contributed by atoms with Crippen LogP contribution < -0.4 is 9.47 Å². The van der Waals surface area contributed by atoms with Gasteiger partial charge in [-0.25, -0.2) is 0 Å². The lowest BCUT2D eigenvalue weighted by Gasteiger charge is -2.43. The molecule has 25 heavy (non-hydrogen) atoms. The van der Waals surface area contributed by atoms with E-state index in [2.05, 4.69) is 11.0 Å². The number of carbonyl (C=O) groups is 1. The van der Waals surface area contributed by atoms with Gasteiger partial charge < -0.3 is 14.4 Å². The van der Waals surface area contributed by atoms with Crippen LogP contribution in [0.3, 0.4) is 0 Å². The molecule has 2 aliphatic rings. The summed E-state index contributed by atoms with van der Waals surface area (Å²) in [6.45, 7) is 6.03. The summed E-state index contributed by atoms with van der Waals surface area (Å²) in [6, 6.07) is 7.58. The topological polar surface area (TPSA) is 65.8 Å². The maximum atomic E-state index is 12.5. The average Bonchev–Trinajstić information content (AvgIpc) is 2.66. The van der Waals surface area contributed by atoms with Gasteiger partial charge >= 0.3 is 0 Å². The number of amides is 1. The molecule has 2 saturated heterocycles. The monoisotopic (exact) mass is 343 g/mol. The quantitative estimate of drug-likeness (QED) is 0.818. The van der Waals surface area contributed by atoms with Crippen LogP contribution in [0.4, 0.5) is 0 Å². The number of nitriles is 1. The Morgan fingerprint density at radius 1 is 1.24 bits per heavy atom. The van der Waals surface area contributed by atoms with Crippen molar-refractivity contribution in [1.29, 1.82) is 5.26 Å². The number of piperazine rings is 1. The van der Waals surface area contributed by atoms with E-state index in [1.54, 1.807) is 18.2 Å². The molecule has 2 aliphatic heterocycles. The van der Waals surface area contributed by atoms with E-state index in [-0.39, 0.29) is 12.5 Å². The highest BCUT2D eigenvalue weighted by atomic mass is 16.5. The fraction of sp³-hybridized carbons (Fsp3) is 0.579. The van der Waals surface area contributed by atoms with Gasteiger partial charge in [-0.3, -0.25) is 9.69 Å². The van der Waals surface area contributed by atoms with Crippen LogP contribution in [-0.4, -0.2) is 61.1 Å². The van der Waals surface area contributed by atoms with Gasteiger partial charge in [0.25, 0.3) is 5.91 Å². The standard InChI is InChI=1S/C19H25N3O3/c1-2-24-18-11-15(12-20)6-7-17(18)25-14-19(23)22-10-9-21-8-4-3-5-16(21)13-22/h6-7,11,16H,2-5,8-10,13-14H2,1H3. The highest BCUT2D eigenvalue weighted by Gasteiger charge is 2.31. The van der Waals surface area contributed by atoms with E-state index in [1.165, 1.54) is 19.3 Å². The largest absolute Gasteiger partial charge is 0.490 e. The van der Waals surface area contributed by atoms with Crippen LogP contribution in [0.1, 0.15) is 31.7 Å². The van der Waals surface area contributed by atoms with E-state index in [1.807, 2.05) is 11.8 Å². The summed E-state index contributed by atoms with van der Waals surface area (Å²) in [5, 5.41) is 8.99. The minimum Gasteiger partial charge on any atom is -0.490 e. The summed E-state index contributed by atoms with van der Waals surface area (Å²) < 4.78 is 11.2. The number of ether oxygens (including phenoxy) is 2. The number of hydrogen-bond donors (Lipinski definition) is 0. The van der Waals surface area contributed by atoms with Gasteiger partial charge in [0.15, 0.2) is 18.1 Å². The summed E-state index contributed by atoms with van der Waals surface area (Å²) in [6.07, 6.45) is 3.70. The Kier molecular flexibility index (Phi) is 5.77. The smallest absolute Gasteiger partial charge is 0.260 e. The first-order valence-corrected chi connectivity index (χ1v) is 9.03. The van der Waals surface area contributed by atoms with Crippen molar-refractivity contribution in [3.05, 3.63) is 23.8 Å². The van der Waals surface area contributed by atoms with Crippen molar-refractivity contribution < 1.29 is 14.3 Å². The number of piperidine rings is 1. The number of rotatable bonds is 5. The third-order valence-electron chi connectivity index (χ3n) is 4.91. The van der Waals surface area contributed by atoms with Gasteiger partial charge in [0.1, 0.15) is 0 Å². The molecule has 1 aromatic rings. The Morgan fingerprint density at radius 3 is 2.92 bits per heavy atom. The first-order chi connectivity index (χ1) is 12.2. The average molecular weight is 343 g/mol. The second-order valence-corrected chi connectivity index (χ2v) is 6.52. The van der Waals surface area contributed by atoms with Gasteiger partial charge in [0.05, 0.1) is 18.2 Å². The summed E-state index contributed by atoms with van der Waals surface area (Å²) in [5.74, 6) is 1.02.